The predicted octanol–water partition coefficient (Wildman–Crippen LogP) is 3.01. The molecule has 0 bridgehead atoms. The molecular weight excluding hydrogens is 326 g/mol. The maximum atomic E-state index is 12.3. The summed E-state index contributed by atoms with van der Waals surface area (Å²) in [6.45, 7) is 0. The number of hydrogen-bond acceptors (Lipinski definition) is 6. The molecule has 0 saturated heterocycles. The molecular formula is C13H9N3O4S2. The molecule has 0 unspecified atom stereocenters. The van der Waals surface area contributed by atoms with Gasteiger partial charge in [0.2, 0.25) is 0 Å². The van der Waals surface area contributed by atoms with Gasteiger partial charge in [-0.1, -0.05) is 29.5 Å². The lowest BCUT2D eigenvalue weighted by molar-refractivity contribution is -0.385. The first-order chi connectivity index (χ1) is 10.5. The summed E-state index contributed by atoms with van der Waals surface area (Å²) in [5, 5.41) is 11.0. The summed E-state index contributed by atoms with van der Waals surface area (Å²) in [6, 6.07) is 12.1. The van der Waals surface area contributed by atoms with Crippen LogP contribution in [0, 0.1) is 10.1 Å². The second kappa shape index (κ2) is 5.35. The van der Waals surface area contributed by atoms with Crippen LogP contribution < -0.4 is 4.72 Å². The van der Waals surface area contributed by atoms with Crippen molar-refractivity contribution in [2.24, 2.45) is 0 Å². The molecule has 0 amide bonds. The lowest BCUT2D eigenvalue weighted by Gasteiger charge is -2.04. The molecule has 0 aliphatic heterocycles. The second-order valence-electron chi connectivity index (χ2n) is 4.35. The first-order valence-electron chi connectivity index (χ1n) is 6.08. The molecule has 9 heteroatoms. The molecule has 0 radical (unpaired) electrons. The number of sulfonamides is 1. The van der Waals surface area contributed by atoms with Crippen molar-refractivity contribution in [2.75, 3.05) is 4.72 Å². The van der Waals surface area contributed by atoms with Crippen LogP contribution >= 0.6 is 11.3 Å². The number of anilines is 1. The van der Waals surface area contributed by atoms with Crippen molar-refractivity contribution in [1.29, 1.82) is 0 Å². The topological polar surface area (TPSA) is 102 Å². The van der Waals surface area contributed by atoms with Gasteiger partial charge in [0.15, 0.2) is 5.13 Å². The zero-order valence-electron chi connectivity index (χ0n) is 11.0. The van der Waals surface area contributed by atoms with Gasteiger partial charge in [-0.25, -0.2) is 13.4 Å². The van der Waals surface area contributed by atoms with Crippen LogP contribution in [0.1, 0.15) is 0 Å². The van der Waals surface area contributed by atoms with E-state index in [1.165, 1.54) is 29.5 Å². The number of para-hydroxylation sites is 1. The van der Waals surface area contributed by atoms with E-state index < -0.39 is 14.9 Å². The quantitative estimate of drug-likeness (QED) is 0.583. The number of hydrogen-bond donors (Lipinski definition) is 1. The van der Waals surface area contributed by atoms with Crippen molar-refractivity contribution in [3.63, 3.8) is 0 Å². The summed E-state index contributed by atoms with van der Waals surface area (Å²) >= 11 is 1.19. The SMILES string of the molecule is O=[N+]([O-])c1cccc(S(=O)(=O)Nc2nc3ccccc3s2)c1. The maximum Gasteiger partial charge on any atom is 0.270 e. The minimum absolute atomic E-state index is 0.180. The number of nitro groups is 1. The lowest BCUT2D eigenvalue weighted by Crippen LogP contribution is -2.12. The Morgan fingerprint density at radius 2 is 1.91 bits per heavy atom. The first kappa shape index (κ1) is 14.4. The van der Waals surface area contributed by atoms with Crippen LogP contribution in [-0.2, 0) is 10.0 Å². The van der Waals surface area contributed by atoms with Crippen LogP contribution in [0.5, 0.6) is 0 Å². The van der Waals surface area contributed by atoms with Crippen LogP contribution in [0.15, 0.2) is 53.4 Å². The Bertz CT molecular complexity index is 933. The number of non-ortho nitro benzene ring substituents is 1. The normalized spacial score (nSPS) is 11.5. The molecule has 1 N–H and O–H groups in total. The van der Waals surface area contributed by atoms with Gasteiger partial charge >= 0.3 is 0 Å². The van der Waals surface area contributed by atoms with Crippen LogP contribution in [-0.4, -0.2) is 18.3 Å². The number of rotatable bonds is 4. The Kier molecular flexibility index (Phi) is 3.51. The Morgan fingerprint density at radius 1 is 1.14 bits per heavy atom. The summed E-state index contributed by atoms with van der Waals surface area (Å²) in [6.07, 6.45) is 0. The summed E-state index contributed by atoms with van der Waals surface area (Å²) in [7, 11) is -3.92. The number of benzene rings is 2. The van der Waals surface area contributed by atoms with E-state index in [1.807, 2.05) is 12.1 Å². The van der Waals surface area contributed by atoms with Crippen molar-refractivity contribution in [2.45, 2.75) is 4.90 Å². The molecule has 3 rings (SSSR count). The third-order valence-electron chi connectivity index (χ3n) is 2.85. The Labute approximate surface area is 129 Å². The molecule has 0 saturated carbocycles. The molecule has 0 atom stereocenters. The highest BCUT2D eigenvalue weighted by atomic mass is 32.2. The minimum Gasteiger partial charge on any atom is -0.258 e. The zero-order chi connectivity index (χ0) is 15.7. The van der Waals surface area contributed by atoms with Crippen molar-refractivity contribution >= 4 is 42.4 Å². The monoisotopic (exact) mass is 335 g/mol. The highest BCUT2D eigenvalue weighted by Crippen LogP contribution is 2.28. The standard InChI is InChI=1S/C13H9N3O4S2/c17-16(18)9-4-3-5-10(8-9)22(19,20)15-13-14-11-6-1-2-7-12(11)21-13/h1-8H,(H,14,15). The Hall–Kier alpha value is -2.52. The van der Waals surface area contributed by atoms with Gasteiger partial charge in [-0.15, -0.1) is 0 Å². The fraction of sp³-hybridized carbons (Fsp3) is 0. The maximum absolute atomic E-state index is 12.3. The van der Waals surface area contributed by atoms with Gasteiger partial charge in [-0.05, 0) is 18.2 Å². The average Bonchev–Trinajstić information content (AvgIpc) is 2.88. The van der Waals surface area contributed by atoms with Gasteiger partial charge in [0.05, 0.1) is 20.0 Å². The smallest absolute Gasteiger partial charge is 0.258 e. The summed E-state index contributed by atoms with van der Waals surface area (Å²) in [5.41, 5.74) is 0.399. The second-order valence-corrected chi connectivity index (χ2v) is 7.06. The van der Waals surface area contributed by atoms with E-state index in [0.717, 1.165) is 10.8 Å². The molecule has 2 aromatic carbocycles. The third kappa shape index (κ3) is 2.76. The fourth-order valence-electron chi connectivity index (χ4n) is 1.85. The minimum atomic E-state index is -3.92. The molecule has 1 heterocycles. The summed E-state index contributed by atoms with van der Waals surface area (Å²) < 4.78 is 27.8. The number of fused-ring (bicyclic) bond motifs is 1. The predicted molar refractivity (Wildman–Crippen MR) is 83.5 cm³/mol. The van der Waals surface area contributed by atoms with Crippen LogP contribution in [0.25, 0.3) is 10.2 Å². The summed E-state index contributed by atoms with van der Waals surface area (Å²) in [4.78, 5) is 14.1. The Balaban J connectivity index is 1.96. The van der Waals surface area contributed by atoms with Gasteiger partial charge in [0, 0.05) is 12.1 Å². The zero-order valence-corrected chi connectivity index (χ0v) is 12.6. The molecule has 1 aromatic heterocycles. The van der Waals surface area contributed by atoms with Gasteiger partial charge in [-0.3, -0.25) is 14.8 Å². The van der Waals surface area contributed by atoms with Gasteiger partial charge < -0.3 is 0 Å². The number of aromatic nitrogens is 1. The van der Waals surface area contributed by atoms with Crippen molar-refractivity contribution in [3.8, 4) is 0 Å². The molecule has 112 valence electrons. The van der Waals surface area contributed by atoms with E-state index in [0.29, 0.717) is 5.52 Å². The van der Waals surface area contributed by atoms with Crippen LogP contribution in [0.3, 0.4) is 0 Å². The molecule has 22 heavy (non-hydrogen) atoms. The van der Waals surface area contributed by atoms with E-state index in [-0.39, 0.29) is 15.7 Å². The van der Waals surface area contributed by atoms with E-state index in [9.17, 15) is 18.5 Å². The molecule has 3 aromatic rings. The van der Waals surface area contributed by atoms with Gasteiger partial charge in [0.1, 0.15) is 0 Å². The van der Waals surface area contributed by atoms with Crippen molar-refractivity contribution in [3.05, 3.63) is 58.6 Å². The molecule has 0 fully saturated rings. The van der Waals surface area contributed by atoms with Crippen LogP contribution in [0.2, 0.25) is 0 Å². The molecule has 7 nitrogen and oxygen atoms in total. The number of nitrogens with zero attached hydrogens (tertiary/aromatic N) is 2. The first-order valence-corrected chi connectivity index (χ1v) is 8.38. The summed E-state index contributed by atoms with van der Waals surface area (Å²) in [5.74, 6) is 0. The fourth-order valence-corrected chi connectivity index (χ4v) is 3.99. The van der Waals surface area contributed by atoms with E-state index in [4.69, 9.17) is 0 Å². The average molecular weight is 335 g/mol. The van der Waals surface area contributed by atoms with Crippen molar-refractivity contribution in [1.82, 2.24) is 4.98 Å². The van der Waals surface area contributed by atoms with Crippen molar-refractivity contribution < 1.29 is 13.3 Å². The highest BCUT2D eigenvalue weighted by molar-refractivity contribution is 7.93. The molecule has 0 aliphatic carbocycles. The number of thiazole rings is 1. The van der Waals surface area contributed by atoms with E-state index >= 15 is 0 Å². The van der Waals surface area contributed by atoms with E-state index in [2.05, 4.69) is 9.71 Å². The number of nitrogens with one attached hydrogen (secondary N) is 1. The highest BCUT2D eigenvalue weighted by Gasteiger charge is 2.19. The van der Waals surface area contributed by atoms with Crippen LogP contribution in [0.4, 0.5) is 10.8 Å². The Morgan fingerprint density at radius 3 is 2.64 bits per heavy atom. The molecule has 0 spiro atoms. The van der Waals surface area contributed by atoms with Gasteiger partial charge in [-0.2, -0.15) is 0 Å². The molecule has 0 aliphatic rings. The number of nitro benzene ring substituents is 1. The lowest BCUT2D eigenvalue weighted by atomic mass is 10.3. The van der Waals surface area contributed by atoms with E-state index in [1.54, 1.807) is 12.1 Å². The third-order valence-corrected chi connectivity index (χ3v) is 5.27. The largest absolute Gasteiger partial charge is 0.270 e. The van der Waals surface area contributed by atoms with Gasteiger partial charge in [0.25, 0.3) is 15.7 Å².